The highest BCUT2D eigenvalue weighted by Gasteiger charge is 2.56. The van der Waals surface area contributed by atoms with Crippen molar-refractivity contribution in [3.05, 3.63) is 59.7 Å². The van der Waals surface area contributed by atoms with Crippen LogP contribution >= 0.6 is 0 Å². The standard InChI is InChI=1S/C28H32FNO4.C13H23F3N2O/c1-28(29)12-14-30(15-13-28)18-19-16-24(33-2)27(25(17-19)34-3)23-9-5-7-21-20(10-11-26(31)32)6-4-8-22(21)23;1-4-17-11(19)13(12(3,15)16)5-7-18(8-6-13)9-10(2)14/h4-9,16-17H,10-15,18H2,1-3H3,(H,31,32);10H,4-9H2,1-3H3,(H,17,19). The zero-order chi connectivity index (χ0) is 39.0. The number of carbonyl (C=O) groups excluding carboxylic acids is 1. The number of carboxylic acid groups (broad SMARTS) is 1. The van der Waals surface area contributed by atoms with Crippen molar-refractivity contribution in [2.24, 2.45) is 5.41 Å². The summed E-state index contributed by atoms with van der Waals surface area (Å²) in [7, 11) is 3.31. The van der Waals surface area contributed by atoms with Crippen molar-refractivity contribution < 1.29 is 41.7 Å². The molecule has 0 spiro atoms. The molecule has 3 aromatic carbocycles. The highest BCUT2D eigenvalue weighted by molar-refractivity contribution is 6.01. The number of rotatable bonds is 13. The van der Waals surface area contributed by atoms with E-state index in [4.69, 9.17) is 14.6 Å². The maximum atomic E-state index is 14.2. The van der Waals surface area contributed by atoms with E-state index in [0.29, 0.717) is 56.9 Å². The molecule has 0 radical (unpaired) electrons. The molecule has 0 saturated carbocycles. The number of aryl methyl sites for hydroxylation is 1. The molecule has 1 amide bonds. The molecule has 2 N–H and O–H groups in total. The molecule has 292 valence electrons. The van der Waals surface area contributed by atoms with Crippen LogP contribution in [-0.2, 0) is 22.6 Å². The number of hydrogen-bond donors (Lipinski definition) is 2. The minimum atomic E-state index is -3.07. The number of carboxylic acids is 1. The van der Waals surface area contributed by atoms with Crippen LogP contribution in [0.3, 0.4) is 0 Å². The third-order valence-electron chi connectivity index (χ3n) is 10.6. The minimum absolute atomic E-state index is 0.0645. The Kier molecular flexibility index (Phi) is 14.2. The van der Waals surface area contributed by atoms with Crippen molar-refractivity contribution in [2.45, 2.75) is 90.5 Å². The van der Waals surface area contributed by atoms with E-state index in [1.807, 2.05) is 48.5 Å². The van der Waals surface area contributed by atoms with Crippen molar-refractivity contribution in [1.82, 2.24) is 15.1 Å². The van der Waals surface area contributed by atoms with Crippen molar-refractivity contribution in [3.8, 4) is 22.6 Å². The van der Waals surface area contributed by atoms with Gasteiger partial charge in [-0.15, -0.1) is 0 Å². The lowest BCUT2D eigenvalue weighted by Crippen LogP contribution is -2.57. The van der Waals surface area contributed by atoms with Crippen molar-refractivity contribution >= 4 is 22.6 Å². The Balaban J connectivity index is 0.000000281. The molecule has 1 atom stereocenters. The topological polar surface area (TPSA) is 91.3 Å². The molecule has 8 nitrogen and oxygen atoms in total. The van der Waals surface area contributed by atoms with Crippen LogP contribution < -0.4 is 14.8 Å². The number of halogens is 4. The lowest BCUT2D eigenvalue weighted by molar-refractivity contribution is -0.167. The third kappa shape index (κ3) is 10.4. The van der Waals surface area contributed by atoms with Crippen LogP contribution in [0.5, 0.6) is 11.5 Å². The first-order valence-electron chi connectivity index (χ1n) is 18.5. The number of alkyl halides is 4. The SMILES string of the molecule is CCNC(=O)C1(C(C)(F)F)CCN(CC(C)F)CC1.COc1cc(CN2CCC(C)(F)CC2)cc(OC)c1-c1cccc2c(CCC(=O)O)cccc12. The van der Waals surface area contributed by atoms with Crippen LogP contribution in [0.15, 0.2) is 48.5 Å². The fourth-order valence-corrected chi connectivity index (χ4v) is 7.48. The number of fused-ring (bicyclic) bond motifs is 1. The maximum Gasteiger partial charge on any atom is 0.303 e. The molecule has 3 aromatic rings. The van der Waals surface area contributed by atoms with Crippen molar-refractivity contribution in [2.75, 3.05) is 53.5 Å². The molecular weight excluding hydrogens is 690 g/mol. The number of carbonyl (C=O) groups is 2. The summed E-state index contributed by atoms with van der Waals surface area (Å²) in [4.78, 5) is 27.2. The zero-order valence-corrected chi connectivity index (χ0v) is 31.9. The average Bonchev–Trinajstić information content (AvgIpc) is 3.11. The number of nitrogens with one attached hydrogen (secondary N) is 1. The van der Waals surface area contributed by atoms with Gasteiger partial charge in [0, 0.05) is 46.1 Å². The maximum absolute atomic E-state index is 14.2. The largest absolute Gasteiger partial charge is 0.496 e. The Bertz CT molecular complexity index is 1670. The van der Waals surface area contributed by atoms with Crippen LogP contribution in [0.2, 0.25) is 0 Å². The monoisotopic (exact) mass is 745 g/mol. The second-order valence-electron chi connectivity index (χ2n) is 14.7. The van der Waals surface area contributed by atoms with Crippen LogP contribution in [-0.4, -0.2) is 98.0 Å². The normalized spacial score (nSPS) is 18.1. The Morgan fingerprint density at radius 1 is 0.943 bits per heavy atom. The van der Waals surface area contributed by atoms with E-state index in [9.17, 15) is 27.2 Å². The molecular formula is C41H55F4N3O5. The summed E-state index contributed by atoms with van der Waals surface area (Å²) in [6.07, 6.45) is 0.780. The Hall–Kier alpha value is -3.90. The van der Waals surface area contributed by atoms with Crippen LogP contribution in [0.25, 0.3) is 21.9 Å². The van der Waals surface area contributed by atoms with Gasteiger partial charge in [-0.05, 0) is 106 Å². The molecule has 2 aliphatic rings. The molecule has 5 rings (SSSR count). The summed E-state index contributed by atoms with van der Waals surface area (Å²) in [6, 6.07) is 16.1. The molecule has 2 saturated heterocycles. The first-order chi connectivity index (χ1) is 25.0. The predicted octanol–water partition coefficient (Wildman–Crippen LogP) is 8.08. The molecule has 2 heterocycles. The second kappa shape index (κ2) is 18.0. The molecule has 1 unspecified atom stereocenters. The summed E-state index contributed by atoms with van der Waals surface area (Å²) in [5.74, 6) is -3.04. The number of hydrogen-bond acceptors (Lipinski definition) is 6. The molecule has 2 fully saturated rings. The number of amides is 1. The molecule has 12 heteroatoms. The van der Waals surface area contributed by atoms with Gasteiger partial charge in [0.1, 0.15) is 28.8 Å². The Morgan fingerprint density at radius 2 is 1.51 bits per heavy atom. The van der Waals surface area contributed by atoms with E-state index < -0.39 is 35.1 Å². The number of likely N-dealkylation sites (tertiary alicyclic amines) is 2. The van der Waals surface area contributed by atoms with Gasteiger partial charge in [0.25, 0.3) is 5.92 Å². The summed E-state index contributed by atoms with van der Waals surface area (Å²) >= 11 is 0. The van der Waals surface area contributed by atoms with E-state index in [-0.39, 0.29) is 25.8 Å². The Labute approximate surface area is 310 Å². The average molecular weight is 746 g/mol. The van der Waals surface area contributed by atoms with Crippen molar-refractivity contribution in [1.29, 1.82) is 0 Å². The van der Waals surface area contributed by atoms with E-state index in [1.165, 1.54) is 6.92 Å². The summed E-state index contributed by atoms with van der Waals surface area (Å²) in [6.45, 7) is 9.02. The van der Waals surface area contributed by atoms with Crippen LogP contribution in [0.1, 0.15) is 70.9 Å². The third-order valence-corrected chi connectivity index (χ3v) is 10.6. The van der Waals surface area contributed by atoms with Gasteiger partial charge in [-0.25, -0.2) is 17.6 Å². The van der Waals surface area contributed by atoms with E-state index >= 15 is 0 Å². The number of nitrogens with zero attached hydrogens (tertiary/aromatic N) is 2. The quantitative estimate of drug-likeness (QED) is 0.171. The van der Waals surface area contributed by atoms with Gasteiger partial charge >= 0.3 is 5.97 Å². The van der Waals surface area contributed by atoms with Gasteiger partial charge in [-0.1, -0.05) is 36.4 Å². The molecule has 2 aliphatic heterocycles. The van der Waals surface area contributed by atoms with Gasteiger partial charge in [-0.2, -0.15) is 0 Å². The number of methoxy groups -OCH3 is 2. The summed E-state index contributed by atoms with van der Waals surface area (Å²) < 4.78 is 66.5. The van der Waals surface area contributed by atoms with Gasteiger partial charge < -0.3 is 24.8 Å². The minimum Gasteiger partial charge on any atom is -0.496 e. The molecule has 0 bridgehead atoms. The van der Waals surface area contributed by atoms with Gasteiger partial charge in [-0.3, -0.25) is 14.5 Å². The number of ether oxygens (including phenoxy) is 2. The van der Waals surface area contributed by atoms with E-state index in [2.05, 4.69) is 10.2 Å². The number of piperidine rings is 2. The second-order valence-corrected chi connectivity index (χ2v) is 14.7. The Morgan fingerprint density at radius 3 is 2.04 bits per heavy atom. The lowest BCUT2D eigenvalue weighted by Gasteiger charge is -2.43. The van der Waals surface area contributed by atoms with E-state index in [0.717, 1.165) is 53.0 Å². The number of benzene rings is 3. The molecule has 0 aliphatic carbocycles. The predicted molar refractivity (Wildman–Crippen MR) is 200 cm³/mol. The smallest absolute Gasteiger partial charge is 0.303 e. The van der Waals surface area contributed by atoms with Crippen LogP contribution in [0.4, 0.5) is 17.6 Å². The van der Waals surface area contributed by atoms with Gasteiger partial charge in [0.2, 0.25) is 5.91 Å². The summed E-state index contributed by atoms with van der Waals surface area (Å²) in [5.41, 5.74) is 1.17. The van der Waals surface area contributed by atoms with Crippen LogP contribution in [0, 0.1) is 5.41 Å². The first kappa shape index (κ1) is 41.9. The van der Waals surface area contributed by atoms with Gasteiger partial charge in [0.05, 0.1) is 19.8 Å². The highest BCUT2D eigenvalue weighted by atomic mass is 19.3. The number of aliphatic carboxylic acids is 1. The van der Waals surface area contributed by atoms with Gasteiger partial charge in [0.15, 0.2) is 0 Å². The van der Waals surface area contributed by atoms with Crippen molar-refractivity contribution in [3.63, 3.8) is 0 Å². The van der Waals surface area contributed by atoms with E-state index in [1.54, 1.807) is 33.0 Å². The molecule has 0 aromatic heterocycles. The highest BCUT2D eigenvalue weighted by Crippen LogP contribution is 2.46. The zero-order valence-electron chi connectivity index (χ0n) is 31.9. The lowest BCUT2D eigenvalue weighted by atomic mass is 9.72. The summed E-state index contributed by atoms with van der Waals surface area (Å²) in [5, 5.41) is 13.7. The first-order valence-corrected chi connectivity index (χ1v) is 18.5. The fourth-order valence-electron chi connectivity index (χ4n) is 7.48. The fraction of sp³-hybridized carbons (Fsp3) is 0.561. The molecule has 53 heavy (non-hydrogen) atoms.